The van der Waals surface area contributed by atoms with Gasteiger partial charge in [0.25, 0.3) is 11.8 Å². The van der Waals surface area contributed by atoms with Crippen molar-refractivity contribution in [1.82, 2.24) is 24.4 Å². The second-order valence-corrected chi connectivity index (χ2v) is 8.88. The minimum Gasteiger partial charge on any atom is -0.394 e. The molecule has 1 saturated heterocycles. The van der Waals surface area contributed by atoms with Gasteiger partial charge in [0.05, 0.1) is 24.1 Å². The van der Waals surface area contributed by atoms with Crippen molar-refractivity contribution in [2.75, 3.05) is 25.5 Å². The van der Waals surface area contributed by atoms with Crippen molar-refractivity contribution in [3.05, 3.63) is 48.0 Å². The number of rotatable bonds is 10. The minimum atomic E-state index is -1.05. The van der Waals surface area contributed by atoms with Gasteiger partial charge in [-0.3, -0.25) is 19.1 Å². The first kappa shape index (κ1) is 24.3. The number of hydrogen-bond donors (Lipinski definition) is 3. The standard InChI is InChI=1S/C24H28N6O6/c25-20-17-21(27-12-26-20)30(13-28-17)24-18(32)19(16(11-31)36-24)35-10-6-2-1-5-9-29-22(33)14-7-3-4-8-15(14)23(29)34/h3-4,7-8,12-13,16,18-19,24,31-32H,1-2,5-6,9-11H2,(H2,25,26,27). The smallest absolute Gasteiger partial charge is 0.261 e. The molecule has 2 aliphatic heterocycles. The summed E-state index contributed by atoms with van der Waals surface area (Å²) in [6.45, 7) is 0.424. The molecule has 2 amide bonds. The first-order chi connectivity index (χ1) is 17.5. The Bertz CT molecular complexity index is 1230. The monoisotopic (exact) mass is 496 g/mol. The summed E-state index contributed by atoms with van der Waals surface area (Å²) in [4.78, 5) is 38.4. The lowest BCUT2D eigenvalue weighted by molar-refractivity contribution is -0.0609. The summed E-state index contributed by atoms with van der Waals surface area (Å²) < 4.78 is 13.3. The van der Waals surface area contributed by atoms with Crippen LogP contribution in [0.15, 0.2) is 36.9 Å². The molecule has 0 aliphatic carbocycles. The largest absolute Gasteiger partial charge is 0.394 e. The normalized spacial score (nSPS) is 23.7. The van der Waals surface area contributed by atoms with Gasteiger partial charge in [-0.15, -0.1) is 0 Å². The molecular formula is C24H28N6O6. The van der Waals surface area contributed by atoms with Crippen LogP contribution in [0.3, 0.4) is 0 Å². The van der Waals surface area contributed by atoms with E-state index in [1.807, 2.05) is 0 Å². The maximum atomic E-state index is 12.4. The topological polar surface area (TPSA) is 166 Å². The summed E-state index contributed by atoms with van der Waals surface area (Å²) in [5.74, 6) is -0.252. The number of nitrogens with two attached hydrogens (primary N) is 1. The summed E-state index contributed by atoms with van der Waals surface area (Å²) >= 11 is 0. The SMILES string of the molecule is Nc1ncnc2c1ncn2C1OC(CO)C(OCCCCCCN2C(=O)c3ccccc3C2=O)C1O. The number of nitrogen functional groups attached to an aromatic ring is 1. The molecule has 36 heavy (non-hydrogen) atoms. The van der Waals surface area contributed by atoms with Gasteiger partial charge in [0, 0.05) is 13.2 Å². The van der Waals surface area contributed by atoms with Crippen LogP contribution in [0.4, 0.5) is 5.82 Å². The van der Waals surface area contributed by atoms with Crippen molar-refractivity contribution in [3.8, 4) is 0 Å². The van der Waals surface area contributed by atoms with Gasteiger partial charge in [0.1, 0.15) is 30.2 Å². The van der Waals surface area contributed by atoms with E-state index in [9.17, 15) is 19.8 Å². The molecule has 12 heteroatoms. The Hall–Kier alpha value is -3.45. The highest BCUT2D eigenvalue weighted by molar-refractivity contribution is 6.21. The van der Waals surface area contributed by atoms with Crippen LogP contribution in [0, 0.1) is 0 Å². The van der Waals surface area contributed by atoms with E-state index in [2.05, 4.69) is 15.0 Å². The zero-order valence-corrected chi connectivity index (χ0v) is 19.6. The van der Waals surface area contributed by atoms with Gasteiger partial charge < -0.3 is 25.4 Å². The first-order valence-corrected chi connectivity index (χ1v) is 12.0. The van der Waals surface area contributed by atoms with E-state index in [1.165, 1.54) is 17.6 Å². The van der Waals surface area contributed by atoms with E-state index in [1.54, 1.807) is 28.8 Å². The van der Waals surface area contributed by atoms with Crippen molar-refractivity contribution in [1.29, 1.82) is 0 Å². The summed E-state index contributed by atoms with van der Waals surface area (Å²) in [5, 5.41) is 20.6. The Morgan fingerprint density at radius 3 is 2.47 bits per heavy atom. The molecule has 2 aliphatic rings. The molecule has 1 fully saturated rings. The van der Waals surface area contributed by atoms with Gasteiger partial charge in [-0.05, 0) is 25.0 Å². The third kappa shape index (κ3) is 4.32. The summed E-state index contributed by atoms with van der Waals surface area (Å²) in [6, 6.07) is 6.87. The number of aliphatic hydroxyl groups is 2. The molecule has 5 rings (SSSR count). The molecule has 1 aromatic carbocycles. The van der Waals surface area contributed by atoms with Crippen LogP contribution in [0.2, 0.25) is 0 Å². The fraction of sp³-hybridized carbons (Fsp3) is 0.458. The molecule has 12 nitrogen and oxygen atoms in total. The number of carbonyl (C=O) groups excluding carboxylic acids is 2. The van der Waals surface area contributed by atoms with Crippen LogP contribution in [0.1, 0.15) is 52.6 Å². The van der Waals surface area contributed by atoms with Crippen molar-refractivity contribution in [2.24, 2.45) is 0 Å². The van der Waals surface area contributed by atoms with Gasteiger partial charge >= 0.3 is 0 Å². The number of hydrogen-bond acceptors (Lipinski definition) is 10. The van der Waals surface area contributed by atoms with Crippen molar-refractivity contribution in [2.45, 2.75) is 50.2 Å². The number of fused-ring (bicyclic) bond motifs is 2. The lowest BCUT2D eigenvalue weighted by Gasteiger charge is -2.20. The van der Waals surface area contributed by atoms with Crippen LogP contribution >= 0.6 is 0 Å². The average Bonchev–Trinajstić information content (AvgIpc) is 3.53. The number of carbonyl (C=O) groups is 2. The molecule has 190 valence electrons. The number of benzene rings is 1. The highest BCUT2D eigenvalue weighted by Gasteiger charge is 2.45. The highest BCUT2D eigenvalue weighted by atomic mass is 16.6. The zero-order valence-electron chi connectivity index (χ0n) is 19.6. The molecule has 0 radical (unpaired) electrons. The molecule has 4 atom stereocenters. The lowest BCUT2D eigenvalue weighted by atomic mass is 10.1. The Morgan fingerprint density at radius 2 is 1.75 bits per heavy atom. The molecule has 2 aromatic heterocycles. The predicted molar refractivity (Wildman–Crippen MR) is 127 cm³/mol. The van der Waals surface area contributed by atoms with Crippen LogP contribution < -0.4 is 5.73 Å². The van der Waals surface area contributed by atoms with Gasteiger partial charge in [-0.1, -0.05) is 25.0 Å². The quantitative estimate of drug-likeness (QED) is 0.271. The Balaban J connectivity index is 1.08. The number of nitrogens with zero attached hydrogens (tertiary/aromatic N) is 5. The van der Waals surface area contributed by atoms with Crippen LogP contribution in [0.25, 0.3) is 11.2 Å². The van der Waals surface area contributed by atoms with Gasteiger partial charge in [-0.25, -0.2) is 15.0 Å². The Morgan fingerprint density at radius 1 is 1.03 bits per heavy atom. The van der Waals surface area contributed by atoms with Crippen molar-refractivity contribution >= 4 is 28.8 Å². The molecule has 4 heterocycles. The third-order valence-corrected chi connectivity index (χ3v) is 6.62. The average molecular weight is 497 g/mol. The van der Waals surface area contributed by atoms with Gasteiger partial charge in [-0.2, -0.15) is 0 Å². The van der Waals surface area contributed by atoms with Crippen molar-refractivity contribution < 1.29 is 29.3 Å². The van der Waals surface area contributed by atoms with E-state index >= 15 is 0 Å². The van der Waals surface area contributed by atoms with E-state index in [0.717, 1.165) is 12.8 Å². The van der Waals surface area contributed by atoms with E-state index in [4.69, 9.17) is 15.2 Å². The van der Waals surface area contributed by atoms with Crippen molar-refractivity contribution in [3.63, 3.8) is 0 Å². The number of imidazole rings is 1. The number of unbranched alkanes of at least 4 members (excludes halogenated alkanes) is 3. The maximum absolute atomic E-state index is 12.4. The molecule has 4 N–H and O–H groups in total. The number of ether oxygens (including phenoxy) is 2. The van der Waals surface area contributed by atoms with E-state index in [0.29, 0.717) is 48.3 Å². The number of amides is 2. The summed E-state index contributed by atoms with van der Waals surface area (Å²) in [7, 11) is 0. The van der Waals surface area contributed by atoms with Gasteiger partial charge in [0.15, 0.2) is 17.7 Å². The van der Waals surface area contributed by atoms with Crippen LogP contribution in [-0.2, 0) is 9.47 Å². The molecule has 3 aromatic rings. The Labute approximate surface area is 206 Å². The minimum absolute atomic E-state index is 0.223. The zero-order chi connectivity index (χ0) is 25.2. The third-order valence-electron chi connectivity index (χ3n) is 6.62. The lowest BCUT2D eigenvalue weighted by Crippen LogP contribution is -2.36. The fourth-order valence-electron chi connectivity index (χ4n) is 4.75. The molecule has 0 bridgehead atoms. The molecule has 0 saturated carbocycles. The summed E-state index contributed by atoms with van der Waals surface area (Å²) in [5.41, 5.74) is 7.58. The van der Waals surface area contributed by atoms with Crippen LogP contribution in [-0.4, -0.2) is 84.5 Å². The first-order valence-electron chi connectivity index (χ1n) is 12.0. The number of anilines is 1. The molecule has 0 spiro atoms. The number of aliphatic hydroxyl groups excluding tert-OH is 2. The van der Waals surface area contributed by atoms with Gasteiger partial charge in [0.2, 0.25) is 0 Å². The second-order valence-electron chi connectivity index (χ2n) is 8.88. The number of imide groups is 1. The highest BCUT2D eigenvalue weighted by Crippen LogP contribution is 2.33. The Kier molecular flexibility index (Phi) is 6.92. The predicted octanol–water partition coefficient (Wildman–Crippen LogP) is 0.901. The van der Waals surface area contributed by atoms with Crippen LogP contribution in [0.5, 0.6) is 0 Å². The molecular weight excluding hydrogens is 468 g/mol. The number of aromatic nitrogens is 4. The fourth-order valence-corrected chi connectivity index (χ4v) is 4.75. The van der Waals surface area contributed by atoms with E-state index in [-0.39, 0.29) is 24.2 Å². The van der Waals surface area contributed by atoms with E-state index < -0.39 is 24.5 Å². The second kappa shape index (κ2) is 10.3. The molecule has 4 unspecified atom stereocenters. The maximum Gasteiger partial charge on any atom is 0.261 e. The summed E-state index contributed by atoms with van der Waals surface area (Å²) in [6.07, 6.45) is 2.49.